The lowest BCUT2D eigenvalue weighted by Crippen LogP contribution is -2.34. The molecule has 1 heterocycles. The zero-order chi connectivity index (χ0) is 19.4. The lowest BCUT2D eigenvalue weighted by Gasteiger charge is -2.29. The molecule has 2 aromatic rings. The van der Waals surface area contributed by atoms with Crippen molar-refractivity contribution in [1.82, 2.24) is 0 Å². The third kappa shape index (κ3) is 3.74. The first-order valence-electron chi connectivity index (χ1n) is 8.75. The molecule has 0 unspecified atom stereocenters. The summed E-state index contributed by atoms with van der Waals surface area (Å²) in [5, 5.41) is 0. The maximum atomic E-state index is 12.8. The van der Waals surface area contributed by atoms with E-state index < -0.39 is 11.9 Å². The molecule has 0 aliphatic heterocycles. The zero-order valence-corrected chi connectivity index (χ0v) is 15.6. The number of rotatable bonds is 6. The smallest absolute Gasteiger partial charge is 0.317 e. The summed E-state index contributed by atoms with van der Waals surface area (Å²) in [6.07, 6.45) is 3.51. The van der Waals surface area contributed by atoms with Crippen LogP contribution >= 0.6 is 0 Å². The number of carbonyl (C=O) groups is 2. The highest BCUT2D eigenvalue weighted by Crippen LogP contribution is 2.42. The minimum atomic E-state index is -0.901. The first-order valence-corrected chi connectivity index (χ1v) is 8.75. The van der Waals surface area contributed by atoms with Gasteiger partial charge < -0.3 is 18.6 Å². The summed E-state index contributed by atoms with van der Waals surface area (Å²) in [7, 11) is 3.10. The van der Waals surface area contributed by atoms with Crippen LogP contribution in [0.4, 0.5) is 0 Å². The Labute approximate surface area is 157 Å². The van der Waals surface area contributed by atoms with Gasteiger partial charge in [0.15, 0.2) is 17.3 Å². The summed E-state index contributed by atoms with van der Waals surface area (Å²) < 4.78 is 21.3. The van der Waals surface area contributed by atoms with Crippen molar-refractivity contribution in [2.45, 2.75) is 19.3 Å². The lowest BCUT2D eigenvalue weighted by molar-refractivity contribution is -0.151. The van der Waals surface area contributed by atoms with Crippen LogP contribution in [-0.2, 0) is 14.3 Å². The Morgan fingerprint density at radius 2 is 1.96 bits per heavy atom. The van der Waals surface area contributed by atoms with E-state index in [4.69, 9.17) is 18.6 Å². The van der Waals surface area contributed by atoms with Gasteiger partial charge in [0.25, 0.3) is 0 Å². The standard InChI is InChI=1S/C21H22O6/c1-4-26-21(23)20-15(13-7-8-18(24-2)19(12-13)25-3)10-14(11-16(20)22)17-6-5-9-27-17/h5-9,11-12,15,20H,4,10H2,1-3H3/t15-,20+/m0/s1. The van der Waals surface area contributed by atoms with Crippen molar-refractivity contribution in [2.75, 3.05) is 20.8 Å². The molecule has 0 saturated heterocycles. The van der Waals surface area contributed by atoms with Crippen LogP contribution in [0, 0.1) is 5.92 Å². The Hall–Kier alpha value is -3.02. The summed E-state index contributed by atoms with van der Waals surface area (Å²) in [6.45, 7) is 1.94. The van der Waals surface area contributed by atoms with E-state index >= 15 is 0 Å². The molecule has 3 rings (SSSR count). The van der Waals surface area contributed by atoms with Gasteiger partial charge in [0.05, 0.1) is 27.1 Å². The van der Waals surface area contributed by atoms with E-state index in [0.29, 0.717) is 23.7 Å². The molecule has 0 fully saturated rings. The molecule has 2 atom stereocenters. The second-order valence-corrected chi connectivity index (χ2v) is 6.20. The van der Waals surface area contributed by atoms with E-state index in [2.05, 4.69) is 0 Å². The molecule has 0 bridgehead atoms. The highest BCUT2D eigenvalue weighted by Gasteiger charge is 2.40. The molecular weight excluding hydrogens is 348 g/mol. The third-order valence-electron chi connectivity index (χ3n) is 4.68. The van der Waals surface area contributed by atoms with Crippen molar-refractivity contribution in [3.63, 3.8) is 0 Å². The molecule has 1 aliphatic carbocycles. The minimum absolute atomic E-state index is 0.218. The van der Waals surface area contributed by atoms with Crippen LogP contribution in [0.3, 0.4) is 0 Å². The van der Waals surface area contributed by atoms with Gasteiger partial charge >= 0.3 is 5.97 Å². The number of hydrogen-bond donors (Lipinski definition) is 0. The second kappa shape index (κ2) is 8.12. The number of benzene rings is 1. The summed E-state index contributed by atoms with van der Waals surface area (Å²) in [5.41, 5.74) is 1.56. The average molecular weight is 370 g/mol. The number of furan rings is 1. The number of ketones is 1. The molecule has 6 nitrogen and oxygen atoms in total. The number of allylic oxidation sites excluding steroid dienone is 2. The first kappa shape index (κ1) is 18.8. The van der Waals surface area contributed by atoms with Crippen LogP contribution in [-0.4, -0.2) is 32.6 Å². The van der Waals surface area contributed by atoms with E-state index in [1.165, 1.54) is 6.08 Å². The molecule has 142 valence electrons. The van der Waals surface area contributed by atoms with Crippen LogP contribution in [0.25, 0.3) is 5.57 Å². The van der Waals surface area contributed by atoms with Gasteiger partial charge in [0.2, 0.25) is 0 Å². The molecule has 1 aromatic carbocycles. The van der Waals surface area contributed by atoms with Crippen molar-refractivity contribution in [3.8, 4) is 11.5 Å². The SMILES string of the molecule is CCOC(=O)[C@H]1C(=O)C=C(c2ccco2)C[C@H]1c1ccc(OC)c(OC)c1. The summed E-state index contributed by atoms with van der Waals surface area (Å²) in [4.78, 5) is 25.3. The van der Waals surface area contributed by atoms with E-state index in [9.17, 15) is 9.59 Å². The molecule has 0 N–H and O–H groups in total. The number of esters is 1. The van der Waals surface area contributed by atoms with E-state index in [0.717, 1.165) is 11.1 Å². The maximum Gasteiger partial charge on any atom is 0.317 e. The van der Waals surface area contributed by atoms with Crippen LogP contribution in [0.15, 0.2) is 47.1 Å². The molecule has 1 aliphatic rings. The molecule has 0 amide bonds. The normalized spacial score (nSPS) is 19.4. The quantitative estimate of drug-likeness (QED) is 0.571. The Morgan fingerprint density at radius 1 is 1.19 bits per heavy atom. The molecule has 27 heavy (non-hydrogen) atoms. The Morgan fingerprint density at radius 3 is 2.59 bits per heavy atom. The summed E-state index contributed by atoms with van der Waals surface area (Å²) >= 11 is 0. The van der Waals surface area contributed by atoms with Crippen LogP contribution in [0.5, 0.6) is 11.5 Å². The molecule has 6 heteroatoms. The predicted octanol–water partition coefficient (Wildman–Crippen LogP) is 3.62. The van der Waals surface area contributed by atoms with E-state index in [-0.39, 0.29) is 18.3 Å². The molecule has 1 aromatic heterocycles. The first-order chi connectivity index (χ1) is 13.1. The Balaban J connectivity index is 2.04. The number of carbonyl (C=O) groups excluding carboxylic acids is 2. The van der Waals surface area contributed by atoms with Crippen LogP contribution in [0.2, 0.25) is 0 Å². The van der Waals surface area contributed by atoms with Gasteiger partial charge in [-0.2, -0.15) is 0 Å². The molecule has 0 radical (unpaired) electrons. The van der Waals surface area contributed by atoms with Crippen LogP contribution in [0.1, 0.15) is 30.6 Å². The van der Waals surface area contributed by atoms with Gasteiger partial charge in [-0.1, -0.05) is 6.07 Å². The van der Waals surface area contributed by atoms with Gasteiger partial charge in [0.1, 0.15) is 11.7 Å². The van der Waals surface area contributed by atoms with E-state index in [1.807, 2.05) is 6.07 Å². The number of hydrogen-bond acceptors (Lipinski definition) is 6. The van der Waals surface area contributed by atoms with Crippen molar-refractivity contribution in [1.29, 1.82) is 0 Å². The Kier molecular flexibility index (Phi) is 5.64. The Bertz CT molecular complexity index is 850. The lowest BCUT2D eigenvalue weighted by atomic mass is 9.74. The molecule has 0 saturated carbocycles. The average Bonchev–Trinajstić information content (AvgIpc) is 3.21. The fourth-order valence-corrected chi connectivity index (χ4v) is 3.41. The zero-order valence-electron chi connectivity index (χ0n) is 15.6. The van der Waals surface area contributed by atoms with Crippen LogP contribution < -0.4 is 9.47 Å². The summed E-state index contributed by atoms with van der Waals surface area (Å²) in [5.74, 6) is -0.348. The number of ether oxygens (including phenoxy) is 3. The highest BCUT2D eigenvalue weighted by molar-refractivity contribution is 6.10. The molecular formula is C21H22O6. The highest BCUT2D eigenvalue weighted by atomic mass is 16.5. The van der Waals surface area contributed by atoms with Crippen molar-refractivity contribution < 1.29 is 28.2 Å². The van der Waals surface area contributed by atoms with E-state index in [1.54, 1.807) is 51.7 Å². The maximum absolute atomic E-state index is 12.8. The van der Waals surface area contributed by atoms with Gasteiger partial charge in [-0.15, -0.1) is 0 Å². The van der Waals surface area contributed by atoms with Gasteiger partial charge in [-0.25, -0.2) is 0 Å². The topological polar surface area (TPSA) is 75.0 Å². The fourth-order valence-electron chi connectivity index (χ4n) is 3.41. The van der Waals surface area contributed by atoms with Crippen molar-refractivity contribution in [3.05, 3.63) is 54.0 Å². The van der Waals surface area contributed by atoms with Gasteiger partial charge in [-0.3, -0.25) is 9.59 Å². The third-order valence-corrected chi connectivity index (χ3v) is 4.68. The van der Waals surface area contributed by atoms with Gasteiger partial charge in [0, 0.05) is 5.92 Å². The summed E-state index contributed by atoms with van der Waals surface area (Å²) in [6, 6.07) is 8.98. The second-order valence-electron chi connectivity index (χ2n) is 6.20. The van der Waals surface area contributed by atoms with Gasteiger partial charge in [-0.05, 0) is 54.8 Å². The van der Waals surface area contributed by atoms with Crippen molar-refractivity contribution in [2.24, 2.45) is 5.92 Å². The molecule has 0 spiro atoms. The number of methoxy groups -OCH3 is 2. The van der Waals surface area contributed by atoms with Crippen molar-refractivity contribution >= 4 is 17.3 Å². The predicted molar refractivity (Wildman–Crippen MR) is 98.7 cm³/mol. The fraction of sp³-hybridized carbons (Fsp3) is 0.333. The largest absolute Gasteiger partial charge is 0.493 e. The minimum Gasteiger partial charge on any atom is -0.493 e. The monoisotopic (exact) mass is 370 g/mol.